The second-order valence-corrected chi connectivity index (χ2v) is 8.36. The van der Waals surface area contributed by atoms with Crippen LogP contribution < -0.4 is 9.47 Å². The number of thioether (sulfide) groups is 1. The molecule has 0 N–H and O–H groups in total. The summed E-state index contributed by atoms with van der Waals surface area (Å²) in [7, 11) is 0. The lowest BCUT2D eigenvalue weighted by Crippen LogP contribution is -2.46. The zero-order chi connectivity index (χ0) is 18.9. The van der Waals surface area contributed by atoms with Gasteiger partial charge in [0.2, 0.25) is 6.79 Å². The highest BCUT2D eigenvalue weighted by Crippen LogP contribution is 2.38. The predicted octanol–water partition coefficient (Wildman–Crippen LogP) is 4.02. The highest BCUT2D eigenvalue weighted by Gasteiger charge is 2.34. The number of fused-ring (bicyclic) bond motifs is 1. The minimum Gasteiger partial charge on any atom is -0.454 e. The number of rotatable bonds is 4. The molecule has 0 bridgehead atoms. The van der Waals surface area contributed by atoms with E-state index in [0.717, 1.165) is 48.9 Å². The van der Waals surface area contributed by atoms with Crippen LogP contribution in [0.2, 0.25) is 0 Å². The molecular formula is C21H24N2O3S. The van der Waals surface area contributed by atoms with Crippen LogP contribution in [0, 0.1) is 5.41 Å². The second-order valence-electron chi connectivity index (χ2n) is 7.57. The zero-order valence-electron chi connectivity index (χ0n) is 15.7. The maximum atomic E-state index is 13.1. The summed E-state index contributed by atoms with van der Waals surface area (Å²) in [6.07, 6.45) is 6.73. The van der Waals surface area contributed by atoms with Crippen LogP contribution >= 0.6 is 11.8 Å². The second kappa shape index (κ2) is 7.43. The molecule has 2 aliphatic heterocycles. The average Bonchev–Trinajstić information content (AvgIpc) is 3.15. The highest BCUT2D eigenvalue weighted by molar-refractivity contribution is 7.98. The first-order valence-corrected chi connectivity index (χ1v) is 10.5. The molecule has 0 aliphatic carbocycles. The molecule has 2 aliphatic rings. The number of amides is 1. The number of aromatic nitrogens is 1. The number of nitrogens with zero attached hydrogens (tertiary/aromatic N) is 2. The Labute approximate surface area is 164 Å². The lowest BCUT2D eigenvalue weighted by molar-refractivity contribution is 0.0546. The molecule has 6 heteroatoms. The molecule has 142 valence electrons. The molecular weight excluding hydrogens is 360 g/mol. The Kier molecular flexibility index (Phi) is 5.00. The molecule has 1 saturated heterocycles. The van der Waals surface area contributed by atoms with Crippen molar-refractivity contribution in [3.8, 4) is 11.5 Å². The molecule has 1 amide bonds. The Bertz CT molecular complexity index is 857. The molecule has 4 rings (SSSR count). The van der Waals surface area contributed by atoms with E-state index in [2.05, 4.69) is 24.0 Å². The molecule has 1 fully saturated rings. The van der Waals surface area contributed by atoms with Crippen molar-refractivity contribution in [1.29, 1.82) is 0 Å². The number of piperidine rings is 1. The molecule has 1 aromatic carbocycles. The van der Waals surface area contributed by atoms with Crippen LogP contribution in [0.5, 0.6) is 11.5 Å². The van der Waals surface area contributed by atoms with E-state index in [0.29, 0.717) is 12.4 Å². The maximum Gasteiger partial charge on any atom is 0.256 e. The Balaban J connectivity index is 1.50. The molecule has 5 nitrogen and oxygen atoms in total. The van der Waals surface area contributed by atoms with E-state index >= 15 is 0 Å². The Morgan fingerprint density at radius 3 is 3.00 bits per heavy atom. The number of hydrogen-bond acceptors (Lipinski definition) is 5. The minimum atomic E-state index is 0.0450. The molecule has 0 radical (unpaired) electrons. The molecule has 1 atom stereocenters. The molecule has 3 heterocycles. The molecule has 2 aromatic rings. The van der Waals surface area contributed by atoms with Gasteiger partial charge in [0, 0.05) is 19.3 Å². The summed E-state index contributed by atoms with van der Waals surface area (Å²) in [6, 6.07) is 9.87. The fourth-order valence-electron chi connectivity index (χ4n) is 4.06. The van der Waals surface area contributed by atoms with Crippen molar-refractivity contribution < 1.29 is 14.3 Å². The van der Waals surface area contributed by atoms with Gasteiger partial charge in [0.1, 0.15) is 5.03 Å². The standard InChI is InChI=1S/C21H24N2O3S/c1-21(12-15-6-7-17-18(11-15)26-14-25-17)8-4-10-23(13-21)20(24)16-5-3-9-22-19(16)27-2/h3,5-7,9,11H,4,8,10,12-14H2,1-2H3/t21-/m1/s1. The van der Waals surface area contributed by atoms with Crippen LogP contribution in [0.1, 0.15) is 35.7 Å². The molecule has 0 unspecified atom stereocenters. The summed E-state index contributed by atoms with van der Waals surface area (Å²) in [5.74, 6) is 1.72. The lowest BCUT2D eigenvalue weighted by atomic mass is 9.76. The van der Waals surface area contributed by atoms with Crippen LogP contribution in [0.25, 0.3) is 0 Å². The van der Waals surface area contributed by atoms with Gasteiger partial charge in [0.05, 0.1) is 5.56 Å². The summed E-state index contributed by atoms with van der Waals surface area (Å²) in [4.78, 5) is 19.4. The third kappa shape index (κ3) is 3.76. The van der Waals surface area contributed by atoms with Gasteiger partial charge in [-0.2, -0.15) is 0 Å². The number of carbonyl (C=O) groups excluding carboxylic acids is 1. The quantitative estimate of drug-likeness (QED) is 0.746. The van der Waals surface area contributed by atoms with Gasteiger partial charge in [0.15, 0.2) is 11.5 Å². The van der Waals surface area contributed by atoms with Gasteiger partial charge in [-0.25, -0.2) is 4.98 Å². The van der Waals surface area contributed by atoms with Crippen LogP contribution in [0.15, 0.2) is 41.6 Å². The highest BCUT2D eigenvalue weighted by atomic mass is 32.2. The van der Waals surface area contributed by atoms with Gasteiger partial charge >= 0.3 is 0 Å². The first-order chi connectivity index (χ1) is 13.1. The first-order valence-electron chi connectivity index (χ1n) is 9.25. The van der Waals surface area contributed by atoms with Crippen molar-refractivity contribution >= 4 is 17.7 Å². The normalized spacial score (nSPS) is 21.3. The Morgan fingerprint density at radius 2 is 2.15 bits per heavy atom. The molecule has 27 heavy (non-hydrogen) atoms. The van der Waals surface area contributed by atoms with Crippen molar-refractivity contribution in [2.45, 2.75) is 31.2 Å². The van der Waals surface area contributed by atoms with Gasteiger partial charge in [-0.1, -0.05) is 13.0 Å². The monoisotopic (exact) mass is 384 g/mol. The average molecular weight is 385 g/mol. The third-order valence-electron chi connectivity index (χ3n) is 5.33. The van der Waals surface area contributed by atoms with E-state index in [1.165, 1.54) is 17.3 Å². The van der Waals surface area contributed by atoms with Crippen LogP contribution in [-0.2, 0) is 6.42 Å². The zero-order valence-corrected chi connectivity index (χ0v) is 16.6. The van der Waals surface area contributed by atoms with Crippen LogP contribution in [0.4, 0.5) is 0 Å². The van der Waals surface area contributed by atoms with Gasteiger partial charge in [0.25, 0.3) is 5.91 Å². The van der Waals surface area contributed by atoms with Crippen LogP contribution in [0.3, 0.4) is 0 Å². The summed E-state index contributed by atoms with van der Waals surface area (Å²) in [5.41, 5.74) is 1.98. The number of pyridine rings is 1. The van der Waals surface area contributed by atoms with E-state index < -0.39 is 0 Å². The Hall–Kier alpha value is -2.21. The van der Waals surface area contributed by atoms with Gasteiger partial charge in [-0.3, -0.25) is 4.79 Å². The minimum absolute atomic E-state index is 0.0450. The first kappa shape index (κ1) is 18.2. The van der Waals surface area contributed by atoms with E-state index in [1.807, 2.05) is 29.4 Å². The van der Waals surface area contributed by atoms with Crippen molar-refractivity contribution in [1.82, 2.24) is 9.88 Å². The molecule has 1 aromatic heterocycles. The van der Waals surface area contributed by atoms with E-state index in [-0.39, 0.29) is 11.3 Å². The van der Waals surface area contributed by atoms with Crippen molar-refractivity contribution in [3.63, 3.8) is 0 Å². The van der Waals surface area contributed by atoms with Crippen LogP contribution in [-0.4, -0.2) is 41.9 Å². The van der Waals surface area contributed by atoms with Crippen molar-refractivity contribution in [2.24, 2.45) is 5.41 Å². The fourth-order valence-corrected chi connectivity index (χ4v) is 4.61. The van der Waals surface area contributed by atoms with E-state index in [9.17, 15) is 4.79 Å². The summed E-state index contributed by atoms with van der Waals surface area (Å²) < 4.78 is 10.9. The SMILES string of the molecule is CSc1ncccc1C(=O)N1CCC[C@](C)(Cc2ccc3c(c2)OCO3)C1. The predicted molar refractivity (Wildman–Crippen MR) is 106 cm³/mol. The molecule has 0 saturated carbocycles. The summed E-state index contributed by atoms with van der Waals surface area (Å²) in [6.45, 7) is 4.12. The fraction of sp³-hybridized carbons (Fsp3) is 0.429. The number of hydrogen-bond donors (Lipinski definition) is 0. The smallest absolute Gasteiger partial charge is 0.256 e. The largest absolute Gasteiger partial charge is 0.454 e. The van der Waals surface area contributed by atoms with Crippen molar-refractivity contribution in [2.75, 3.05) is 26.1 Å². The van der Waals surface area contributed by atoms with Gasteiger partial charge < -0.3 is 14.4 Å². The maximum absolute atomic E-state index is 13.1. The topological polar surface area (TPSA) is 51.7 Å². The summed E-state index contributed by atoms with van der Waals surface area (Å²) in [5, 5.41) is 0.797. The molecule has 0 spiro atoms. The Morgan fingerprint density at radius 1 is 1.30 bits per heavy atom. The summed E-state index contributed by atoms with van der Waals surface area (Å²) >= 11 is 1.52. The van der Waals surface area contributed by atoms with Gasteiger partial charge in [-0.05, 0) is 60.8 Å². The lowest BCUT2D eigenvalue weighted by Gasteiger charge is -2.41. The third-order valence-corrected chi connectivity index (χ3v) is 6.04. The van der Waals surface area contributed by atoms with Crippen molar-refractivity contribution in [3.05, 3.63) is 47.7 Å². The number of ether oxygens (including phenoxy) is 2. The number of likely N-dealkylation sites (tertiary alicyclic amines) is 1. The number of benzene rings is 1. The number of carbonyl (C=O) groups is 1. The van der Waals surface area contributed by atoms with E-state index in [1.54, 1.807) is 6.20 Å². The van der Waals surface area contributed by atoms with Gasteiger partial charge in [-0.15, -0.1) is 11.8 Å². The van der Waals surface area contributed by atoms with E-state index in [4.69, 9.17) is 9.47 Å².